The first-order chi connectivity index (χ1) is 13.2. The molecule has 0 aromatic carbocycles. The summed E-state index contributed by atoms with van der Waals surface area (Å²) < 4.78 is 0. The maximum atomic E-state index is 10.7. The van der Waals surface area contributed by atoms with Gasteiger partial charge in [0.05, 0.1) is 12.2 Å². The molecule has 28 heavy (non-hydrogen) atoms. The van der Waals surface area contributed by atoms with Crippen molar-refractivity contribution in [3.8, 4) is 0 Å². The van der Waals surface area contributed by atoms with Gasteiger partial charge in [-0.05, 0) is 123 Å². The van der Waals surface area contributed by atoms with Gasteiger partial charge < -0.3 is 10.2 Å². The Labute approximate surface area is 173 Å². The zero-order chi connectivity index (χ0) is 20.1. The second-order valence-electron chi connectivity index (χ2n) is 12.3. The van der Waals surface area contributed by atoms with Crippen molar-refractivity contribution in [3.05, 3.63) is 0 Å². The van der Waals surface area contributed by atoms with Crippen LogP contribution in [-0.2, 0) is 0 Å². The maximum Gasteiger partial charge on any atom is 0.0543 e. The normalized spacial score (nSPS) is 49.4. The Morgan fingerprint density at radius 1 is 0.857 bits per heavy atom. The lowest BCUT2D eigenvalue weighted by Crippen LogP contribution is -2.54. The smallest absolute Gasteiger partial charge is 0.0543 e. The minimum absolute atomic E-state index is 0.0355. The van der Waals surface area contributed by atoms with Crippen molar-refractivity contribution in [1.29, 1.82) is 0 Å². The van der Waals surface area contributed by atoms with Crippen molar-refractivity contribution >= 4 is 0 Å². The van der Waals surface area contributed by atoms with Crippen LogP contribution in [0.15, 0.2) is 0 Å². The molecule has 2 heteroatoms. The molecule has 5 unspecified atom stereocenters. The average molecular weight is 391 g/mol. The molecule has 0 saturated heterocycles. The van der Waals surface area contributed by atoms with E-state index in [1.54, 1.807) is 0 Å². The van der Waals surface area contributed by atoms with Crippen LogP contribution in [0.5, 0.6) is 0 Å². The summed E-state index contributed by atoms with van der Waals surface area (Å²) in [5.41, 5.74) is 0.954. The quantitative estimate of drug-likeness (QED) is 0.587. The third-order valence-corrected chi connectivity index (χ3v) is 10.5. The Bertz CT molecular complexity index is 545. The van der Waals surface area contributed by atoms with Gasteiger partial charge in [-0.1, -0.05) is 27.7 Å². The van der Waals surface area contributed by atoms with E-state index in [0.29, 0.717) is 16.7 Å². The minimum atomic E-state index is -0.0891. The van der Waals surface area contributed by atoms with Gasteiger partial charge in [-0.2, -0.15) is 0 Å². The topological polar surface area (TPSA) is 40.5 Å². The summed E-state index contributed by atoms with van der Waals surface area (Å²) in [5.74, 6) is 4.88. The first-order valence-electron chi connectivity index (χ1n) is 12.6. The fourth-order valence-electron chi connectivity index (χ4n) is 8.70. The van der Waals surface area contributed by atoms with Crippen molar-refractivity contribution in [1.82, 2.24) is 0 Å². The van der Waals surface area contributed by atoms with Crippen LogP contribution in [0.3, 0.4) is 0 Å². The second kappa shape index (κ2) is 7.88. The van der Waals surface area contributed by atoms with Gasteiger partial charge in [-0.25, -0.2) is 0 Å². The summed E-state index contributed by atoms with van der Waals surface area (Å²) in [7, 11) is 0. The summed E-state index contributed by atoms with van der Waals surface area (Å²) in [6.45, 7) is 9.72. The molecule has 0 bridgehead atoms. The summed E-state index contributed by atoms with van der Waals surface area (Å²) >= 11 is 0. The predicted molar refractivity (Wildman–Crippen MR) is 116 cm³/mol. The van der Waals surface area contributed by atoms with E-state index in [-0.39, 0.29) is 12.2 Å². The van der Waals surface area contributed by atoms with Crippen LogP contribution < -0.4 is 0 Å². The van der Waals surface area contributed by atoms with Crippen molar-refractivity contribution < 1.29 is 10.2 Å². The SMILES string of the molecule is CC(C)CC[C@H](O)C[C@H]1CCC2[C@@H]3CCC4CC(O)CCC4(C)C3CC[C@@]21C. The van der Waals surface area contributed by atoms with E-state index in [0.717, 1.165) is 61.7 Å². The van der Waals surface area contributed by atoms with E-state index in [4.69, 9.17) is 0 Å². The maximum absolute atomic E-state index is 10.7. The van der Waals surface area contributed by atoms with Crippen LogP contribution in [0.4, 0.5) is 0 Å². The van der Waals surface area contributed by atoms with Crippen LogP contribution in [0.1, 0.15) is 105 Å². The van der Waals surface area contributed by atoms with E-state index in [2.05, 4.69) is 27.7 Å². The Kier molecular flexibility index (Phi) is 5.95. The highest BCUT2D eigenvalue weighted by atomic mass is 16.3. The molecule has 0 aromatic rings. The van der Waals surface area contributed by atoms with Gasteiger partial charge in [0.15, 0.2) is 0 Å². The molecule has 162 valence electrons. The summed E-state index contributed by atoms with van der Waals surface area (Å²) in [6.07, 6.45) is 14.7. The lowest BCUT2D eigenvalue weighted by molar-refractivity contribution is -0.128. The summed E-state index contributed by atoms with van der Waals surface area (Å²) in [5, 5.41) is 20.9. The lowest BCUT2D eigenvalue weighted by Gasteiger charge is -2.61. The van der Waals surface area contributed by atoms with Crippen LogP contribution >= 0.6 is 0 Å². The summed E-state index contributed by atoms with van der Waals surface area (Å²) in [6, 6.07) is 0. The largest absolute Gasteiger partial charge is 0.393 e. The highest BCUT2D eigenvalue weighted by Gasteiger charge is 2.60. The first kappa shape index (κ1) is 21.2. The Morgan fingerprint density at radius 2 is 1.57 bits per heavy atom. The van der Waals surface area contributed by atoms with Gasteiger partial charge in [-0.3, -0.25) is 0 Å². The average Bonchev–Trinajstić information content (AvgIpc) is 2.97. The molecule has 4 aliphatic carbocycles. The molecule has 0 spiro atoms. The predicted octanol–water partition coefficient (Wildman–Crippen LogP) is 6.19. The van der Waals surface area contributed by atoms with Gasteiger partial charge >= 0.3 is 0 Å². The molecule has 0 heterocycles. The molecular formula is C26H46O2. The number of hydrogen-bond acceptors (Lipinski definition) is 2. The zero-order valence-corrected chi connectivity index (χ0v) is 19.0. The van der Waals surface area contributed by atoms with Gasteiger partial charge in [-0.15, -0.1) is 0 Å². The second-order valence-corrected chi connectivity index (χ2v) is 12.3. The van der Waals surface area contributed by atoms with E-state index in [1.165, 1.54) is 44.9 Å². The highest BCUT2D eigenvalue weighted by Crippen LogP contribution is 2.67. The zero-order valence-electron chi connectivity index (χ0n) is 19.0. The minimum Gasteiger partial charge on any atom is -0.393 e. The van der Waals surface area contributed by atoms with Crippen LogP contribution in [0, 0.1) is 46.3 Å². The number of aliphatic hydroxyl groups is 2. The fourth-order valence-corrected chi connectivity index (χ4v) is 8.70. The van der Waals surface area contributed by atoms with Gasteiger partial charge in [0.2, 0.25) is 0 Å². The molecular weight excluding hydrogens is 344 g/mol. The standard InChI is InChI=1S/C26H46O2/c1-17(2)5-8-20(27)15-19-7-10-23-22-9-6-18-16-21(28)11-13-25(18,3)24(22)12-14-26(19,23)4/h17-24,27-28H,5-16H2,1-4H3/t18?,19-,20+,21?,22+,23?,24?,25?,26-/m1/s1. The van der Waals surface area contributed by atoms with E-state index in [9.17, 15) is 10.2 Å². The van der Waals surface area contributed by atoms with Crippen molar-refractivity contribution in [2.75, 3.05) is 0 Å². The number of hydrogen-bond donors (Lipinski definition) is 2. The molecule has 4 aliphatic rings. The highest BCUT2D eigenvalue weighted by molar-refractivity contribution is 5.09. The molecule has 4 fully saturated rings. The molecule has 0 aromatic heterocycles. The van der Waals surface area contributed by atoms with E-state index >= 15 is 0 Å². The molecule has 0 radical (unpaired) electrons. The Morgan fingerprint density at radius 3 is 2.32 bits per heavy atom. The molecule has 4 saturated carbocycles. The lowest BCUT2D eigenvalue weighted by atomic mass is 9.44. The molecule has 2 N–H and O–H groups in total. The van der Waals surface area contributed by atoms with Crippen molar-refractivity contribution in [2.45, 2.75) is 117 Å². The number of rotatable bonds is 5. The van der Waals surface area contributed by atoms with Crippen molar-refractivity contribution in [2.24, 2.45) is 46.3 Å². The van der Waals surface area contributed by atoms with Crippen molar-refractivity contribution in [3.63, 3.8) is 0 Å². The van der Waals surface area contributed by atoms with E-state index < -0.39 is 0 Å². The Balaban J connectivity index is 1.45. The van der Waals surface area contributed by atoms with Crippen LogP contribution in [0.2, 0.25) is 0 Å². The molecule has 4 rings (SSSR count). The fraction of sp³-hybridized carbons (Fsp3) is 1.00. The number of aliphatic hydroxyl groups excluding tert-OH is 2. The monoisotopic (exact) mass is 390 g/mol. The first-order valence-corrected chi connectivity index (χ1v) is 12.6. The van der Waals surface area contributed by atoms with Crippen LogP contribution in [-0.4, -0.2) is 22.4 Å². The third kappa shape index (κ3) is 3.59. The number of fused-ring (bicyclic) bond motifs is 5. The third-order valence-electron chi connectivity index (χ3n) is 10.5. The van der Waals surface area contributed by atoms with E-state index in [1.807, 2.05) is 0 Å². The Hall–Kier alpha value is -0.0800. The molecule has 2 nitrogen and oxygen atoms in total. The molecule has 9 atom stereocenters. The molecule has 0 aliphatic heterocycles. The summed E-state index contributed by atoms with van der Waals surface area (Å²) in [4.78, 5) is 0. The van der Waals surface area contributed by atoms with Gasteiger partial charge in [0.1, 0.15) is 0 Å². The van der Waals surface area contributed by atoms with Gasteiger partial charge in [0.25, 0.3) is 0 Å². The molecule has 0 amide bonds. The van der Waals surface area contributed by atoms with Crippen LogP contribution in [0.25, 0.3) is 0 Å². The van der Waals surface area contributed by atoms with Gasteiger partial charge in [0, 0.05) is 0 Å².